The van der Waals surface area contributed by atoms with Gasteiger partial charge in [0.15, 0.2) is 0 Å². The van der Waals surface area contributed by atoms with Crippen LogP contribution in [0.2, 0.25) is 0 Å². The lowest BCUT2D eigenvalue weighted by Gasteiger charge is -2.10. The number of anilines is 1. The molecule has 0 saturated heterocycles. The van der Waals surface area contributed by atoms with Gasteiger partial charge in [-0.1, -0.05) is 23.9 Å². The molecule has 1 amide bonds. The summed E-state index contributed by atoms with van der Waals surface area (Å²) in [5.41, 5.74) is 2.61. The van der Waals surface area contributed by atoms with E-state index in [1.54, 1.807) is 19.3 Å². The van der Waals surface area contributed by atoms with Gasteiger partial charge in [0.1, 0.15) is 5.76 Å². The molecule has 0 aliphatic carbocycles. The standard InChI is InChI=1S/C17H17N3O3S/c1-10-5-4-6-13(9-10)18-15(21)12(3)24-17-20-19-16(23-17)14-7-8-22-11(14)2/h4-9,12H,1-3H3,(H,18,21)/t12-/m1/s1. The van der Waals surface area contributed by atoms with Crippen molar-refractivity contribution in [2.75, 3.05) is 5.32 Å². The Morgan fingerprint density at radius 3 is 2.79 bits per heavy atom. The third-order valence-corrected chi connectivity index (χ3v) is 4.36. The summed E-state index contributed by atoms with van der Waals surface area (Å²) < 4.78 is 10.8. The molecule has 0 fully saturated rings. The number of carbonyl (C=O) groups excluding carboxylic acids is 1. The Balaban J connectivity index is 1.64. The summed E-state index contributed by atoms with van der Waals surface area (Å²) >= 11 is 1.22. The predicted octanol–water partition coefficient (Wildman–Crippen LogP) is 4.07. The van der Waals surface area contributed by atoms with Gasteiger partial charge in [-0.15, -0.1) is 10.2 Å². The summed E-state index contributed by atoms with van der Waals surface area (Å²) in [4.78, 5) is 12.3. The Bertz CT molecular complexity index is 856. The van der Waals surface area contributed by atoms with Crippen LogP contribution in [-0.2, 0) is 4.79 Å². The molecule has 3 rings (SSSR count). The third-order valence-electron chi connectivity index (χ3n) is 3.43. The summed E-state index contributed by atoms with van der Waals surface area (Å²) in [7, 11) is 0. The number of hydrogen-bond acceptors (Lipinski definition) is 6. The van der Waals surface area contributed by atoms with Crippen LogP contribution < -0.4 is 5.32 Å². The van der Waals surface area contributed by atoms with E-state index in [1.807, 2.05) is 38.1 Å². The molecule has 7 heteroatoms. The second-order valence-corrected chi connectivity index (χ2v) is 6.67. The second kappa shape index (κ2) is 6.92. The van der Waals surface area contributed by atoms with Gasteiger partial charge in [-0.05, 0) is 44.5 Å². The Kier molecular flexibility index (Phi) is 4.71. The highest BCUT2D eigenvalue weighted by atomic mass is 32.2. The summed E-state index contributed by atoms with van der Waals surface area (Å²) in [5.74, 6) is 0.973. The van der Waals surface area contributed by atoms with Crippen LogP contribution in [-0.4, -0.2) is 21.4 Å². The number of furan rings is 1. The Labute approximate surface area is 143 Å². The predicted molar refractivity (Wildman–Crippen MR) is 91.9 cm³/mol. The minimum absolute atomic E-state index is 0.121. The maximum atomic E-state index is 12.3. The van der Waals surface area contributed by atoms with E-state index in [4.69, 9.17) is 8.83 Å². The van der Waals surface area contributed by atoms with E-state index in [1.165, 1.54) is 11.8 Å². The molecule has 0 aliphatic heterocycles. The highest BCUT2D eigenvalue weighted by Gasteiger charge is 2.20. The molecule has 0 bridgehead atoms. The Morgan fingerprint density at radius 1 is 1.25 bits per heavy atom. The zero-order valence-corrected chi connectivity index (χ0v) is 14.4. The molecule has 3 aromatic rings. The van der Waals surface area contributed by atoms with E-state index >= 15 is 0 Å². The summed E-state index contributed by atoms with van der Waals surface area (Å²) in [6.45, 7) is 5.60. The number of carbonyl (C=O) groups is 1. The smallest absolute Gasteiger partial charge is 0.277 e. The van der Waals surface area contributed by atoms with Crippen molar-refractivity contribution in [1.29, 1.82) is 0 Å². The molecule has 1 N–H and O–H groups in total. The SMILES string of the molecule is Cc1cccc(NC(=O)[C@@H](C)Sc2nnc(-c3ccoc3C)o2)c1. The van der Waals surface area contributed by atoms with Gasteiger partial charge in [-0.3, -0.25) is 4.79 Å². The van der Waals surface area contributed by atoms with Crippen molar-refractivity contribution >= 4 is 23.4 Å². The molecular weight excluding hydrogens is 326 g/mol. The van der Waals surface area contributed by atoms with Crippen molar-refractivity contribution in [3.8, 4) is 11.5 Å². The zero-order valence-electron chi connectivity index (χ0n) is 13.6. The van der Waals surface area contributed by atoms with Crippen molar-refractivity contribution < 1.29 is 13.6 Å². The van der Waals surface area contributed by atoms with Crippen LogP contribution >= 0.6 is 11.8 Å². The van der Waals surface area contributed by atoms with Gasteiger partial charge in [-0.2, -0.15) is 0 Å². The summed E-state index contributed by atoms with van der Waals surface area (Å²) in [6, 6.07) is 9.42. The molecule has 2 aromatic heterocycles. The van der Waals surface area contributed by atoms with E-state index in [2.05, 4.69) is 15.5 Å². The van der Waals surface area contributed by atoms with Crippen LogP contribution in [0.1, 0.15) is 18.2 Å². The number of aromatic nitrogens is 2. The largest absolute Gasteiger partial charge is 0.469 e. The number of amides is 1. The molecule has 1 atom stereocenters. The van der Waals surface area contributed by atoms with Crippen LogP contribution in [0.15, 0.2) is 50.7 Å². The number of aryl methyl sites for hydroxylation is 2. The van der Waals surface area contributed by atoms with Gasteiger partial charge in [0.2, 0.25) is 5.91 Å². The van der Waals surface area contributed by atoms with Gasteiger partial charge < -0.3 is 14.2 Å². The van der Waals surface area contributed by atoms with Gasteiger partial charge >= 0.3 is 0 Å². The van der Waals surface area contributed by atoms with E-state index < -0.39 is 0 Å². The van der Waals surface area contributed by atoms with E-state index in [0.717, 1.165) is 16.8 Å². The molecule has 124 valence electrons. The second-order valence-electron chi connectivity index (χ2n) is 5.38. The number of nitrogens with zero attached hydrogens (tertiary/aromatic N) is 2. The highest BCUT2D eigenvalue weighted by Crippen LogP contribution is 2.28. The zero-order chi connectivity index (χ0) is 17.1. The van der Waals surface area contributed by atoms with Crippen LogP contribution in [0, 0.1) is 13.8 Å². The first-order chi connectivity index (χ1) is 11.5. The average molecular weight is 343 g/mol. The first kappa shape index (κ1) is 16.3. The lowest BCUT2D eigenvalue weighted by atomic mass is 10.2. The molecule has 0 spiro atoms. The average Bonchev–Trinajstić information content (AvgIpc) is 3.16. The maximum Gasteiger partial charge on any atom is 0.277 e. The Morgan fingerprint density at radius 2 is 2.08 bits per heavy atom. The normalized spacial score (nSPS) is 12.1. The molecule has 0 radical (unpaired) electrons. The number of rotatable bonds is 5. The van der Waals surface area contributed by atoms with Crippen molar-refractivity contribution in [2.45, 2.75) is 31.2 Å². The molecule has 0 unspecified atom stereocenters. The number of benzene rings is 1. The number of nitrogens with one attached hydrogen (secondary N) is 1. The van der Waals surface area contributed by atoms with Crippen molar-refractivity contribution in [3.63, 3.8) is 0 Å². The van der Waals surface area contributed by atoms with Gasteiger partial charge in [0.05, 0.1) is 17.1 Å². The first-order valence-electron chi connectivity index (χ1n) is 7.45. The molecule has 6 nitrogen and oxygen atoms in total. The minimum Gasteiger partial charge on any atom is -0.469 e. The molecule has 2 heterocycles. The van der Waals surface area contributed by atoms with Crippen LogP contribution in [0.25, 0.3) is 11.5 Å². The van der Waals surface area contributed by atoms with Gasteiger partial charge in [0, 0.05) is 5.69 Å². The van der Waals surface area contributed by atoms with Crippen LogP contribution in [0.4, 0.5) is 5.69 Å². The maximum absolute atomic E-state index is 12.3. The molecular formula is C17H17N3O3S. The highest BCUT2D eigenvalue weighted by molar-refractivity contribution is 8.00. The van der Waals surface area contributed by atoms with E-state index in [9.17, 15) is 4.79 Å². The first-order valence-corrected chi connectivity index (χ1v) is 8.33. The topological polar surface area (TPSA) is 81.2 Å². The van der Waals surface area contributed by atoms with Crippen molar-refractivity contribution in [1.82, 2.24) is 10.2 Å². The number of thioether (sulfide) groups is 1. The third kappa shape index (κ3) is 3.68. The molecule has 0 saturated carbocycles. The lowest BCUT2D eigenvalue weighted by molar-refractivity contribution is -0.115. The van der Waals surface area contributed by atoms with E-state index in [-0.39, 0.29) is 11.2 Å². The minimum atomic E-state index is -0.371. The lowest BCUT2D eigenvalue weighted by Crippen LogP contribution is -2.22. The van der Waals surface area contributed by atoms with Crippen LogP contribution in [0.5, 0.6) is 0 Å². The van der Waals surface area contributed by atoms with Gasteiger partial charge in [-0.25, -0.2) is 0 Å². The number of hydrogen-bond donors (Lipinski definition) is 1. The monoisotopic (exact) mass is 343 g/mol. The fourth-order valence-corrected chi connectivity index (χ4v) is 2.83. The fourth-order valence-electron chi connectivity index (χ4n) is 2.14. The van der Waals surface area contributed by atoms with Crippen molar-refractivity contribution in [3.05, 3.63) is 47.9 Å². The van der Waals surface area contributed by atoms with Gasteiger partial charge in [0.25, 0.3) is 11.1 Å². The molecule has 1 aromatic carbocycles. The van der Waals surface area contributed by atoms with E-state index in [0.29, 0.717) is 16.9 Å². The summed E-state index contributed by atoms with van der Waals surface area (Å²) in [5, 5.41) is 10.8. The fraction of sp³-hybridized carbons (Fsp3) is 0.235. The quantitative estimate of drug-likeness (QED) is 0.703. The summed E-state index contributed by atoms with van der Waals surface area (Å²) in [6.07, 6.45) is 1.57. The van der Waals surface area contributed by atoms with Crippen LogP contribution in [0.3, 0.4) is 0 Å². The van der Waals surface area contributed by atoms with Crippen molar-refractivity contribution in [2.24, 2.45) is 0 Å². The Hall–Kier alpha value is -2.54. The molecule has 24 heavy (non-hydrogen) atoms. The molecule has 0 aliphatic rings.